The Bertz CT molecular complexity index is 970. The molecule has 0 aliphatic rings. The first kappa shape index (κ1) is 15.1. The molecule has 23 heavy (non-hydrogen) atoms. The minimum atomic E-state index is 0.857. The fourth-order valence-corrected chi connectivity index (χ4v) is 3.36. The molecule has 0 radical (unpaired) electrons. The smallest absolute Gasteiger partial charge is 0.137 e. The van der Waals surface area contributed by atoms with Crippen LogP contribution in [0.15, 0.2) is 61.1 Å². The van der Waals surface area contributed by atoms with Crippen molar-refractivity contribution in [1.82, 2.24) is 19.2 Å². The number of pyridine rings is 1. The summed E-state index contributed by atoms with van der Waals surface area (Å²) in [5.41, 5.74) is 5.18. The monoisotopic (exact) mass is 526 g/mol. The molecule has 4 nitrogen and oxygen atoms in total. The quantitative estimate of drug-likeness (QED) is 0.283. The second kappa shape index (κ2) is 6.23. The zero-order valence-electron chi connectivity index (χ0n) is 12.0. The van der Waals surface area contributed by atoms with Gasteiger partial charge >= 0.3 is 0 Å². The van der Waals surface area contributed by atoms with E-state index >= 15 is 0 Å². The highest BCUT2D eigenvalue weighted by Gasteiger charge is 2.06. The van der Waals surface area contributed by atoms with Gasteiger partial charge < -0.3 is 4.40 Å². The molecule has 3 heterocycles. The van der Waals surface area contributed by atoms with Crippen molar-refractivity contribution in [1.29, 1.82) is 0 Å². The minimum absolute atomic E-state index is 0.857. The van der Waals surface area contributed by atoms with Crippen molar-refractivity contribution < 1.29 is 0 Å². The second-order valence-corrected chi connectivity index (χ2v) is 7.10. The SMILES string of the molecule is ICn1ccc(-c2ccc(-c3cn4cc(I)ccc4n3)cc2)n1. The van der Waals surface area contributed by atoms with Crippen molar-refractivity contribution in [2.75, 3.05) is 0 Å². The molecule has 1 aromatic carbocycles. The van der Waals surface area contributed by atoms with Gasteiger partial charge in [0.2, 0.25) is 0 Å². The van der Waals surface area contributed by atoms with E-state index in [1.165, 1.54) is 3.57 Å². The van der Waals surface area contributed by atoms with Crippen LogP contribution in [-0.4, -0.2) is 19.2 Å². The van der Waals surface area contributed by atoms with Gasteiger partial charge in [0.1, 0.15) is 5.65 Å². The van der Waals surface area contributed by atoms with E-state index in [0.717, 1.165) is 32.7 Å². The van der Waals surface area contributed by atoms with E-state index in [1.54, 1.807) is 0 Å². The molecule has 0 amide bonds. The number of alkyl halides is 1. The van der Waals surface area contributed by atoms with Crippen LogP contribution >= 0.6 is 45.2 Å². The second-order valence-electron chi connectivity index (χ2n) is 5.18. The van der Waals surface area contributed by atoms with E-state index in [0.29, 0.717) is 0 Å². The first-order valence-electron chi connectivity index (χ1n) is 7.07. The van der Waals surface area contributed by atoms with Gasteiger partial charge in [-0.1, -0.05) is 46.9 Å². The van der Waals surface area contributed by atoms with Crippen molar-refractivity contribution in [3.8, 4) is 22.5 Å². The lowest BCUT2D eigenvalue weighted by atomic mass is 10.1. The van der Waals surface area contributed by atoms with Crippen molar-refractivity contribution in [3.63, 3.8) is 0 Å². The topological polar surface area (TPSA) is 35.1 Å². The summed E-state index contributed by atoms with van der Waals surface area (Å²) < 4.78 is 6.04. The lowest BCUT2D eigenvalue weighted by molar-refractivity contribution is 0.771. The maximum Gasteiger partial charge on any atom is 0.137 e. The number of fused-ring (bicyclic) bond motifs is 1. The number of hydrogen-bond acceptors (Lipinski definition) is 2. The number of nitrogens with zero attached hydrogens (tertiary/aromatic N) is 4. The van der Waals surface area contributed by atoms with Gasteiger partial charge in [0.25, 0.3) is 0 Å². The largest absolute Gasteiger partial charge is 0.305 e. The average Bonchev–Trinajstić information content (AvgIpc) is 3.21. The fourth-order valence-electron chi connectivity index (χ4n) is 2.50. The molecular weight excluding hydrogens is 514 g/mol. The predicted molar refractivity (Wildman–Crippen MR) is 109 cm³/mol. The van der Waals surface area contributed by atoms with Crippen LogP contribution in [0.1, 0.15) is 0 Å². The Balaban J connectivity index is 1.68. The highest BCUT2D eigenvalue weighted by atomic mass is 127. The van der Waals surface area contributed by atoms with Crippen LogP contribution in [0.3, 0.4) is 0 Å². The Labute approximate surface area is 160 Å². The lowest BCUT2D eigenvalue weighted by Gasteiger charge is -2.00. The first-order valence-corrected chi connectivity index (χ1v) is 9.68. The summed E-state index contributed by atoms with van der Waals surface area (Å²) in [5, 5.41) is 4.53. The van der Waals surface area contributed by atoms with E-state index in [9.17, 15) is 0 Å². The van der Waals surface area contributed by atoms with E-state index in [4.69, 9.17) is 0 Å². The Hall–Kier alpha value is -1.42. The first-order chi connectivity index (χ1) is 11.2. The van der Waals surface area contributed by atoms with Crippen LogP contribution in [-0.2, 0) is 4.55 Å². The highest BCUT2D eigenvalue weighted by molar-refractivity contribution is 14.1. The molecule has 6 heteroatoms. The predicted octanol–water partition coefficient (Wildman–Crippen LogP) is 4.86. The van der Waals surface area contributed by atoms with Crippen LogP contribution < -0.4 is 0 Å². The molecule has 0 saturated carbocycles. The molecule has 0 spiro atoms. The molecule has 0 fully saturated rings. The van der Waals surface area contributed by atoms with E-state index in [1.807, 2.05) is 23.0 Å². The summed E-state index contributed by atoms with van der Waals surface area (Å²) in [4.78, 5) is 4.68. The normalized spacial score (nSPS) is 11.2. The summed E-state index contributed by atoms with van der Waals surface area (Å²) in [7, 11) is 0. The molecule has 0 unspecified atom stereocenters. The van der Waals surface area contributed by atoms with Crippen LogP contribution in [0.2, 0.25) is 0 Å². The zero-order valence-corrected chi connectivity index (χ0v) is 16.3. The number of hydrogen-bond donors (Lipinski definition) is 0. The van der Waals surface area contributed by atoms with Crippen LogP contribution in [0, 0.1) is 3.57 Å². The maximum absolute atomic E-state index is 4.68. The Morgan fingerprint density at radius 3 is 2.30 bits per heavy atom. The van der Waals surface area contributed by atoms with Crippen molar-refractivity contribution >= 4 is 50.8 Å². The molecule has 0 aliphatic heterocycles. The third kappa shape index (κ3) is 3.01. The minimum Gasteiger partial charge on any atom is -0.305 e. The van der Waals surface area contributed by atoms with Gasteiger partial charge in [-0.3, -0.25) is 4.68 Å². The standard InChI is InChI=1S/C17H12I2N4/c18-11-23-8-7-15(21-23)12-1-3-13(4-2-12)16-10-22-9-14(19)5-6-17(22)20-16/h1-10H,11H2. The summed E-state index contributed by atoms with van der Waals surface area (Å²) in [6.45, 7) is 0. The molecule has 114 valence electrons. The molecule has 0 aliphatic carbocycles. The molecule has 3 aromatic heterocycles. The molecule has 0 atom stereocenters. The number of halogens is 2. The Kier molecular flexibility index (Phi) is 4.10. The Morgan fingerprint density at radius 1 is 0.870 bits per heavy atom. The van der Waals surface area contributed by atoms with E-state index in [2.05, 4.69) is 102 Å². The van der Waals surface area contributed by atoms with Crippen LogP contribution in [0.4, 0.5) is 0 Å². The van der Waals surface area contributed by atoms with E-state index < -0.39 is 0 Å². The molecule has 4 rings (SSSR count). The summed E-state index contributed by atoms with van der Waals surface area (Å²) in [6, 6.07) is 14.6. The van der Waals surface area contributed by atoms with Gasteiger partial charge in [0, 0.05) is 33.3 Å². The molecule has 0 bridgehead atoms. The van der Waals surface area contributed by atoms with Gasteiger partial charge in [-0.05, 0) is 40.8 Å². The van der Waals surface area contributed by atoms with Crippen LogP contribution in [0.5, 0.6) is 0 Å². The number of imidazole rings is 1. The summed E-state index contributed by atoms with van der Waals surface area (Å²) in [5.74, 6) is 0. The highest BCUT2D eigenvalue weighted by Crippen LogP contribution is 2.24. The fraction of sp³-hybridized carbons (Fsp3) is 0.0588. The summed E-state index contributed by atoms with van der Waals surface area (Å²) >= 11 is 4.61. The molecule has 0 saturated heterocycles. The van der Waals surface area contributed by atoms with Crippen molar-refractivity contribution in [2.24, 2.45) is 0 Å². The van der Waals surface area contributed by atoms with Crippen molar-refractivity contribution in [3.05, 3.63) is 64.6 Å². The maximum atomic E-state index is 4.68. The van der Waals surface area contributed by atoms with Gasteiger partial charge in [-0.15, -0.1) is 0 Å². The summed E-state index contributed by atoms with van der Waals surface area (Å²) in [6.07, 6.45) is 6.15. The third-order valence-electron chi connectivity index (χ3n) is 3.65. The molecule has 0 N–H and O–H groups in total. The lowest BCUT2D eigenvalue weighted by Crippen LogP contribution is -1.91. The van der Waals surface area contributed by atoms with Crippen molar-refractivity contribution in [2.45, 2.75) is 4.55 Å². The van der Waals surface area contributed by atoms with Crippen LogP contribution in [0.25, 0.3) is 28.2 Å². The number of benzene rings is 1. The van der Waals surface area contributed by atoms with E-state index in [-0.39, 0.29) is 0 Å². The zero-order chi connectivity index (χ0) is 15.8. The molecular formula is C17H12I2N4. The number of rotatable bonds is 3. The third-order valence-corrected chi connectivity index (χ3v) is 4.99. The Morgan fingerprint density at radius 2 is 1.61 bits per heavy atom. The molecule has 4 aromatic rings. The van der Waals surface area contributed by atoms with Gasteiger partial charge in [0.15, 0.2) is 0 Å². The van der Waals surface area contributed by atoms with Gasteiger partial charge in [0.05, 0.1) is 15.9 Å². The average molecular weight is 526 g/mol. The van der Waals surface area contributed by atoms with Gasteiger partial charge in [-0.2, -0.15) is 5.10 Å². The van der Waals surface area contributed by atoms with Gasteiger partial charge in [-0.25, -0.2) is 4.98 Å². The number of aromatic nitrogens is 4.